The molecule has 0 saturated carbocycles. The molecule has 0 spiro atoms. The van der Waals surface area contributed by atoms with Crippen LogP contribution in [0.2, 0.25) is 0 Å². The van der Waals surface area contributed by atoms with Crippen molar-refractivity contribution in [2.75, 3.05) is 33.4 Å². The maximum atomic E-state index is 13.2. The summed E-state index contributed by atoms with van der Waals surface area (Å²) in [6.07, 6.45) is 2.33. The summed E-state index contributed by atoms with van der Waals surface area (Å²) in [5.74, 6) is -0.955. The van der Waals surface area contributed by atoms with Crippen LogP contribution in [-0.4, -0.2) is 73.1 Å². The molecule has 1 fully saturated rings. The van der Waals surface area contributed by atoms with Gasteiger partial charge in [0.05, 0.1) is 25.1 Å². The number of nitrogens with two attached hydrogens (primary N) is 1. The zero-order valence-corrected chi connectivity index (χ0v) is 21.3. The largest absolute Gasteiger partial charge is 0.382 e. The standard InChI is InChI=1S/C29H32FN4O4/c1-38-19-25-18-33(14-15-34(25)27(35)13-9-20-7-11-24(30)12-8-20)26(28(36)32-29(31)37)17-21-6-10-22-4-2-3-5-23(22)16-21/h2-8,10-13,16,25-26H,9,14-15,17-19H2,1H3,(H3,31,32,36,37). The van der Waals surface area contributed by atoms with Gasteiger partial charge in [0.25, 0.3) is 0 Å². The number of amides is 4. The third-order valence-corrected chi connectivity index (χ3v) is 6.81. The number of imide groups is 1. The van der Waals surface area contributed by atoms with Crippen molar-refractivity contribution in [1.82, 2.24) is 15.1 Å². The molecule has 3 aromatic rings. The zero-order valence-electron chi connectivity index (χ0n) is 21.3. The van der Waals surface area contributed by atoms with Crippen molar-refractivity contribution in [3.05, 3.63) is 90.1 Å². The van der Waals surface area contributed by atoms with E-state index >= 15 is 0 Å². The van der Waals surface area contributed by atoms with E-state index in [1.807, 2.05) is 47.4 Å². The Hall–Kier alpha value is -3.82. The molecule has 0 aliphatic carbocycles. The van der Waals surface area contributed by atoms with E-state index < -0.39 is 18.0 Å². The molecule has 3 N–H and O–H groups in total. The number of urea groups is 1. The van der Waals surface area contributed by atoms with E-state index in [1.165, 1.54) is 12.1 Å². The predicted molar refractivity (Wildman–Crippen MR) is 143 cm³/mol. The number of carbonyl (C=O) groups is 3. The van der Waals surface area contributed by atoms with E-state index in [2.05, 4.69) is 5.32 Å². The first-order valence-electron chi connectivity index (χ1n) is 12.5. The second-order valence-electron chi connectivity index (χ2n) is 9.43. The highest BCUT2D eigenvalue weighted by Gasteiger charge is 2.36. The minimum Gasteiger partial charge on any atom is -0.382 e. The number of piperazine rings is 1. The van der Waals surface area contributed by atoms with Crippen LogP contribution in [0.3, 0.4) is 0 Å². The monoisotopic (exact) mass is 519 g/mol. The number of nitrogens with zero attached hydrogens (tertiary/aromatic N) is 2. The van der Waals surface area contributed by atoms with Gasteiger partial charge in [-0.1, -0.05) is 54.6 Å². The Labute approximate surface area is 221 Å². The molecule has 9 heteroatoms. The maximum Gasteiger partial charge on any atom is 0.318 e. The Balaban J connectivity index is 1.48. The van der Waals surface area contributed by atoms with Crippen LogP contribution in [0.15, 0.2) is 66.7 Å². The highest BCUT2D eigenvalue weighted by Crippen LogP contribution is 2.21. The molecule has 0 aromatic heterocycles. The normalized spacial score (nSPS) is 16.8. The van der Waals surface area contributed by atoms with Gasteiger partial charge in [0.15, 0.2) is 0 Å². The second kappa shape index (κ2) is 12.6. The molecule has 199 valence electrons. The van der Waals surface area contributed by atoms with Crippen molar-refractivity contribution in [3.63, 3.8) is 0 Å². The minimum atomic E-state index is -0.906. The van der Waals surface area contributed by atoms with Crippen LogP contribution in [0.5, 0.6) is 0 Å². The van der Waals surface area contributed by atoms with Crippen molar-refractivity contribution < 1.29 is 23.5 Å². The predicted octanol–water partition coefficient (Wildman–Crippen LogP) is 2.69. The van der Waals surface area contributed by atoms with Gasteiger partial charge in [0, 0.05) is 26.7 Å². The van der Waals surface area contributed by atoms with Gasteiger partial charge in [0.2, 0.25) is 11.8 Å². The lowest BCUT2D eigenvalue weighted by molar-refractivity contribution is -0.136. The van der Waals surface area contributed by atoms with E-state index in [0.717, 1.165) is 21.9 Å². The van der Waals surface area contributed by atoms with Crippen LogP contribution >= 0.6 is 0 Å². The smallest absolute Gasteiger partial charge is 0.318 e. The number of carbonyl (C=O) groups excluding carboxylic acids is 3. The Bertz CT molecular complexity index is 1280. The van der Waals surface area contributed by atoms with Crippen molar-refractivity contribution in [3.8, 4) is 0 Å². The molecule has 38 heavy (non-hydrogen) atoms. The number of fused-ring (bicyclic) bond motifs is 1. The van der Waals surface area contributed by atoms with Crippen molar-refractivity contribution in [2.24, 2.45) is 5.73 Å². The molecule has 1 radical (unpaired) electrons. The Morgan fingerprint density at radius 2 is 1.76 bits per heavy atom. The number of nitrogens with one attached hydrogen (secondary N) is 1. The van der Waals surface area contributed by atoms with Crippen LogP contribution in [-0.2, 0) is 27.2 Å². The lowest BCUT2D eigenvalue weighted by atomic mass is 9.98. The topological polar surface area (TPSA) is 105 Å². The van der Waals surface area contributed by atoms with Crippen LogP contribution in [0.4, 0.5) is 9.18 Å². The molecule has 0 bridgehead atoms. The number of hydrogen-bond acceptors (Lipinski definition) is 5. The molecular formula is C29H32FN4O4. The second-order valence-corrected chi connectivity index (χ2v) is 9.43. The summed E-state index contributed by atoms with van der Waals surface area (Å²) in [4.78, 5) is 41.4. The van der Waals surface area contributed by atoms with E-state index in [-0.39, 0.29) is 24.4 Å². The van der Waals surface area contributed by atoms with Gasteiger partial charge in [0.1, 0.15) is 5.82 Å². The summed E-state index contributed by atoms with van der Waals surface area (Å²) in [5.41, 5.74) is 7.05. The van der Waals surface area contributed by atoms with Crippen molar-refractivity contribution in [2.45, 2.75) is 24.9 Å². The van der Waals surface area contributed by atoms with E-state index in [0.29, 0.717) is 32.5 Å². The number of ether oxygens (including phenoxy) is 1. The number of primary amides is 1. The van der Waals surface area contributed by atoms with Gasteiger partial charge in [-0.25, -0.2) is 9.18 Å². The van der Waals surface area contributed by atoms with E-state index in [1.54, 1.807) is 30.6 Å². The summed E-state index contributed by atoms with van der Waals surface area (Å²) < 4.78 is 18.6. The molecule has 8 nitrogen and oxygen atoms in total. The van der Waals surface area contributed by atoms with Crippen LogP contribution in [0.1, 0.15) is 11.1 Å². The first-order chi connectivity index (χ1) is 18.3. The lowest BCUT2D eigenvalue weighted by Gasteiger charge is -2.43. The first-order valence-corrected chi connectivity index (χ1v) is 12.5. The fraction of sp³-hybridized carbons (Fsp3) is 0.310. The quantitative estimate of drug-likeness (QED) is 0.452. The van der Waals surface area contributed by atoms with Gasteiger partial charge in [-0.3, -0.25) is 19.8 Å². The molecule has 4 rings (SSSR count). The SMILES string of the molecule is COCC1CN(C(Cc2ccc3ccccc3c2)C(=O)NC(N)=O)CCN1C(=O)[CH]Cc1ccc(F)cc1. The summed E-state index contributed by atoms with van der Waals surface area (Å²) >= 11 is 0. The molecule has 2 unspecified atom stereocenters. The summed E-state index contributed by atoms with van der Waals surface area (Å²) in [7, 11) is 1.57. The summed E-state index contributed by atoms with van der Waals surface area (Å²) in [5, 5.41) is 4.39. The van der Waals surface area contributed by atoms with E-state index in [4.69, 9.17) is 10.5 Å². The third kappa shape index (κ3) is 6.93. The maximum absolute atomic E-state index is 13.2. The number of rotatable bonds is 9. The Morgan fingerprint density at radius 3 is 2.47 bits per heavy atom. The average Bonchev–Trinajstić information content (AvgIpc) is 2.91. The zero-order chi connectivity index (χ0) is 27.1. The number of benzene rings is 3. The molecular weight excluding hydrogens is 487 g/mol. The third-order valence-electron chi connectivity index (χ3n) is 6.81. The van der Waals surface area contributed by atoms with Gasteiger partial charge >= 0.3 is 6.03 Å². The molecule has 1 saturated heterocycles. The van der Waals surface area contributed by atoms with Crippen LogP contribution in [0, 0.1) is 12.2 Å². The highest BCUT2D eigenvalue weighted by atomic mass is 19.1. The van der Waals surface area contributed by atoms with Crippen LogP contribution < -0.4 is 11.1 Å². The van der Waals surface area contributed by atoms with Gasteiger partial charge in [-0.2, -0.15) is 0 Å². The fourth-order valence-corrected chi connectivity index (χ4v) is 4.91. The van der Waals surface area contributed by atoms with Crippen molar-refractivity contribution in [1.29, 1.82) is 0 Å². The van der Waals surface area contributed by atoms with E-state index in [9.17, 15) is 18.8 Å². The molecule has 4 amide bonds. The number of hydrogen-bond donors (Lipinski definition) is 2. The van der Waals surface area contributed by atoms with Crippen molar-refractivity contribution >= 4 is 28.6 Å². The molecule has 2 atom stereocenters. The Morgan fingerprint density at radius 1 is 1.05 bits per heavy atom. The lowest BCUT2D eigenvalue weighted by Crippen LogP contribution is -2.62. The minimum absolute atomic E-state index is 0.149. The van der Waals surface area contributed by atoms with Gasteiger partial charge < -0.3 is 15.4 Å². The van der Waals surface area contributed by atoms with Gasteiger partial charge in [-0.15, -0.1) is 0 Å². The van der Waals surface area contributed by atoms with Gasteiger partial charge in [-0.05, 0) is 46.9 Å². The molecule has 1 heterocycles. The number of halogens is 1. The Kier molecular flexibility index (Phi) is 9.04. The summed E-state index contributed by atoms with van der Waals surface area (Å²) in [6, 6.07) is 18.2. The molecule has 1 aliphatic heterocycles. The van der Waals surface area contributed by atoms with Crippen LogP contribution in [0.25, 0.3) is 10.8 Å². The fourth-order valence-electron chi connectivity index (χ4n) is 4.91. The highest BCUT2D eigenvalue weighted by molar-refractivity contribution is 5.96. The average molecular weight is 520 g/mol. The molecule has 3 aromatic carbocycles. The first kappa shape index (κ1) is 27.2. The molecule has 1 aliphatic rings. The summed E-state index contributed by atoms with van der Waals surface area (Å²) in [6.45, 7) is 1.48. The number of methoxy groups -OCH3 is 1.